The van der Waals surface area contributed by atoms with Gasteiger partial charge in [-0.05, 0) is 29.0 Å². The average Bonchev–Trinajstić information content (AvgIpc) is 3.05. The van der Waals surface area contributed by atoms with E-state index in [0.29, 0.717) is 6.54 Å². The van der Waals surface area contributed by atoms with Gasteiger partial charge in [0.1, 0.15) is 0 Å². The number of nitrogens with one attached hydrogen (secondary N) is 2. The molecule has 0 fully saturated rings. The lowest BCUT2D eigenvalue weighted by molar-refractivity contribution is 0.240. The molecule has 1 aromatic carbocycles. The molecule has 2 rings (SSSR count). The van der Waals surface area contributed by atoms with E-state index in [2.05, 4.69) is 48.4 Å². The molecule has 21 heavy (non-hydrogen) atoms. The number of hydrogen-bond acceptors (Lipinski definition) is 2. The second-order valence-corrected chi connectivity index (χ2v) is 5.67. The monoisotopic (exact) mass is 300 g/mol. The van der Waals surface area contributed by atoms with Gasteiger partial charge in [-0.2, -0.15) is 0 Å². The maximum atomic E-state index is 11.9. The molecule has 2 N–H and O–H groups in total. The lowest BCUT2D eigenvalue weighted by atomic mass is 10.0. The molecule has 1 aromatic heterocycles. The first-order valence-corrected chi connectivity index (χ1v) is 7.90. The van der Waals surface area contributed by atoms with Crippen LogP contribution in [0.25, 0.3) is 0 Å². The summed E-state index contributed by atoms with van der Waals surface area (Å²) in [4.78, 5) is 13.1. The van der Waals surface area contributed by atoms with Crippen LogP contribution in [0.5, 0.6) is 0 Å². The molecule has 0 saturated heterocycles. The van der Waals surface area contributed by atoms with Crippen molar-refractivity contribution in [3.05, 3.63) is 70.4 Å². The minimum absolute atomic E-state index is 0.124. The quantitative estimate of drug-likeness (QED) is 0.781. The molecular formula is C17H20N2OS. The maximum Gasteiger partial charge on any atom is 0.315 e. The van der Waals surface area contributed by atoms with Gasteiger partial charge >= 0.3 is 6.03 Å². The third-order valence-corrected chi connectivity index (χ3v) is 4.17. The number of carbonyl (C=O) groups is 1. The Balaban J connectivity index is 2.19. The number of hydrogen-bond donors (Lipinski definition) is 2. The molecule has 110 valence electrons. The Morgan fingerprint density at radius 3 is 2.67 bits per heavy atom. The van der Waals surface area contributed by atoms with Crippen LogP contribution in [0.2, 0.25) is 0 Å². The number of amides is 2. The third kappa shape index (κ3) is 4.20. The summed E-state index contributed by atoms with van der Waals surface area (Å²) < 4.78 is 0. The van der Waals surface area contributed by atoms with Gasteiger partial charge < -0.3 is 10.6 Å². The Morgan fingerprint density at radius 2 is 2.10 bits per heavy atom. The Morgan fingerprint density at radius 1 is 1.33 bits per heavy atom. The molecule has 1 unspecified atom stereocenters. The van der Waals surface area contributed by atoms with Crippen molar-refractivity contribution in [2.45, 2.75) is 19.4 Å². The largest absolute Gasteiger partial charge is 0.335 e. The number of urea groups is 1. The summed E-state index contributed by atoms with van der Waals surface area (Å²) in [7, 11) is 0. The Labute approximate surface area is 129 Å². The number of aryl methyl sites for hydroxylation is 1. The van der Waals surface area contributed by atoms with Crippen molar-refractivity contribution in [2.75, 3.05) is 6.54 Å². The summed E-state index contributed by atoms with van der Waals surface area (Å²) in [6.07, 6.45) is 2.67. The van der Waals surface area contributed by atoms with Crippen molar-refractivity contribution in [3.63, 3.8) is 0 Å². The van der Waals surface area contributed by atoms with Crippen LogP contribution in [-0.4, -0.2) is 12.6 Å². The third-order valence-electron chi connectivity index (χ3n) is 3.23. The van der Waals surface area contributed by atoms with Gasteiger partial charge in [0.25, 0.3) is 0 Å². The van der Waals surface area contributed by atoms with Crippen LogP contribution in [0.4, 0.5) is 4.79 Å². The van der Waals surface area contributed by atoms with E-state index in [0.717, 1.165) is 16.9 Å². The first-order valence-electron chi connectivity index (χ1n) is 7.02. The van der Waals surface area contributed by atoms with Crippen molar-refractivity contribution in [3.8, 4) is 0 Å². The molecule has 0 aliphatic carbocycles. The van der Waals surface area contributed by atoms with E-state index in [9.17, 15) is 4.79 Å². The summed E-state index contributed by atoms with van der Waals surface area (Å²) in [5, 5.41) is 7.79. The SMILES string of the molecule is C=CCNC(=O)NC(c1ccc(CC)cc1)c1cccs1. The average molecular weight is 300 g/mol. The lowest BCUT2D eigenvalue weighted by Crippen LogP contribution is -2.38. The Kier molecular flexibility index (Phi) is 5.58. The predicted molar refractivity (Wildman–Crippen MR) is 88.7 cm³/mol. The highest BCUT2D eigenvalue weighted by Gasteiger charge is 2.17. The van der Waals surface area contributed by atoms with Gasteiger partial charge in [0.05, 0.1) is 6.04 Å². The normalized spacial score (nSPS) is 11.7. The maximum absolute atomic E-state index is 11.9. The second-order valence-electron chi connectivity index (χ2n) is 4.69. The summed E-state index contributed by atoms with van der Waals surface area (Å²) in [5.41, 5.74) is 2.38. The van der Waals surface area contributed by atoms with E-state index in [1.54, 1.807) is 17.4 Å². The summed E-state index contributed by atoms with van der Waals surface area (Å²) in [6, 6.07) is 12.1. The summed E-state index contributed by atoms with van der Waals surface area (Å²) >= 11 is 1.64. The predicted octanol–water partition coefficient (Wildman–Crippen LogP) is 3.89. The molecule has 0 radical (unpaired) electrons. The van der Waals surface area contributed by atoms with Gasteiger partial charge in [0, 0.05) is 11.4 Å². The molecule has 2 amide bonds. The molecule has 0 saturated carbocycles. The second kappa shape index (κ2) is 7.64. The highest BCUT2D eigenvalue weighted by Crippen LogP contribution is 2.26. The molecule has 2 aromatic rings. The molecule has 4 heteroatoms. The molecular weight excluding hydrogens is 280 g/mol. The number of carbonyl (C=O) groups excluding carboxylic acids is 1. The first kappa shape index (κ1) is 15.3. The van der Waals surface area contributed by atoms with Crippen molar-refractivity contribution in [2.24, 2.45) is 0 Å². The highest BCUT2D eigenvalue weighted by molar-refractivity contribution is 7.10. The van der Waals surface area contributed by atoms with Crippen molar-refractivity contribution in [1.29, 1.82) is 0 Å². The smallest absolute Gasteiger partial charge is 0.315 e. The van der Waals surface area contributed by atoms with Crippen LogP contribution in [0.1, 0.15) is 29.0 Å². The fraction of sp³-hybridized carbons (Fsp3) is 0.235. The van der Waals surface area contributed by atoms with E-state index in [-0.39, 0.29) is 12.1 Å². The van der Waals surface area contributed by atoms with E-state index < -0.39 is 0 Å². The van der Waals surface area contributed by atoms with Crippen molar-refractivity contribution in [1.82, 2.24) is 10.6 Å². The lowest BCUT2D eigenvalue weighted by Gasteiger charge is -2.18. The van der Waals surface area contributed by atoms with Crippen LogP contribution < -0.4 is 10.6 Å². The van der Waals surface area contributed by atoms with E-state index in [1.807, 2.05) is 17.5 Å². The van der Waals surface area contributed by atoms with Crippen LogP contribution in [0, 0.1) is 0 Å². The standard InChI is InChI=1S/C17H20N2OS/c1-3-11-18-17(20)19-16(15-6-5-12-21-15)14-9-7-13(4-2)8-10-14/h3,5-10,12,16H,1,4,11H2,2H3,(H2,18,19,20). The van der Waals surface area contributed by atoms with Gasteiger partial charge in [-0.25, -0.2) is 4.79 Å². The van der Waals surface area contributed by atoms with Gasteiger partial charge in [-0.1, -0.05) is 43.3 Å². The van der Waals surface area contributed by atoms with E-state index in [4.69, 9.17) is 0 Å². The van der Waals surface area contributed by atoms with Crippen LogP contribution >= 0.6 is 11.3 Å². The number of thiophene rings is 1. The minimum atomic E-state index is -0.187. The highest BCUT2D eigenvalue weighted by atomic mass is 32.1. The van der Waals surface area contributed by atoms with Gasteiger partial charge in [-0.3, -0.25) is 0 Å². The van der Waals surface area contributed by atoms with E-state index >= 15 is 0 Å². The molecule has 1 heterocycles. The van der Waals surface area contributed by atoms with Gasteiger partial charge in [-0.15, -0.1) is 17.9 Å². The summed E-state index contributed by atoms with van der Waals surface area (Å²) in [6.45, 7) is 6.19. The number of benzene rings is 1. The van der Waals surface area contributed by atoms with E-state index in [1.165, 1.54) is 5.56 Å². The first-order chi connectivity index (χ1) is 10.2. The molecule has 0 bridgehead atoms. The molecule has 0 aliphatic rings. The van der Waals surface area contributed by atoms with Crippen LogP contribution in [-0.2, 0) is 6.42 Å². The zero-order chi connectivity index (χ0) is 15.1. The summed E-state index contributed by atoms with van der Waals surface area (Å²) in [5.74, 6) is 0. The van der Waals surface area contributed by atoms with Crippen molar-refractivity contribution >= 4 is 17.4 Å². The Hall–Kier alpha value is -2.07. The molecule has 3 nitrogen and oxygen atoms in total. The van der Waals surface area contributed by atoms with Crippen LogP contribution in [0.3, 0.4) is 0 Å². The zero-order valence-electron chi connectivity index (χ0n) is 12.1. The Bertz CT molecular complexity index is 575. The fourth-order valence-electron chi connectivity index (χ4n) is 2.07. The molecule has 0 spiro atoms. The van der Waals surface area contributed by atoms with Crippen molar-refractivity contribution < 1.29 is 4.79 Å². The van der Waals surface area contributed by atoms with Crippen LogP contribution in [0.15, 0.2) is 54.4 Å². The number of rotatable bonds is 6. The molecule has 1 atom stereocenters. The zero-order valence-corrected chi connectivity index (χ0v) is 13.0. The van der Waals surface area contributed by atoms with Gasteiger partial charge in [0.15, 0.2) is 0 Å². The minimum Gasteiger partial charge on any atom is -0.335 e. The van der Waals surface area contributed by atoms with Gasteiger partial charge in [0.2, 0.25) is 0 Å². The fourth-order valence-corrected chi connectivity index (χ4v) is 2.87. The topological polar surface area (TPSA) is 41.1 Å². The molecule has 0 aliphatic heterocycles.